The number of hydrogen-bond acceptors (Lipinski definition) is 8. The fraction of sp³-hybridized carbons (Fsp3) is 0.182. The lowest BCUT2D eigenvalue weighted by Crippen LogP contribution is -2.27. The second kappa shape index (κ2) is 9.45. The van der Waals surface area contributed by atoms with E-state index in [0.29, 0.717) is 22.1 Å². The molecule has 1 heterocycles. The summed E-state index contributed by atoms with van der Waals surface area (Å²) in [5, 5.41) is 36.0. The van der Waals surface area contributed by atoms with Gasteiger partial charge in [0.1, 0.15) is 0 Å². The van der Waals surface area contributed by atoms with E-state index in [9.17, 15) is 30.3 Å². The van der Waals surface area contributed by atoms with Gasteiger partial charge in [0.2, 0.25) is 0 Å². The minimum absolute atomic E-state index is 0.0206. The van der Waals surface area contributed by atoms with Gasteiger partial charge in [0.25, 0.3) is 11.4 Å². The quantitative estimate of drug-likeness (QED) is 0.472. The first-order valence-corrected chi connectivity index (χ1v) is 10.5. The molecule has 1 aliphatic rings. The summed E-state index contributed by atoms with van der Waals surface area (Å²) < 4.78 is 0. The van der Waals surface area contributed by atoms with E-state index in [-0.39, 0.29) is 28.3 Å². The molecule has 9 nitrogen and oxygen atoms in total. The van der Waals surface area contributed by atoms with E-state index in [0.717, 1.165) is 5.56 Å². The van der Waals surface area contributed by atoms with Gasteiger partial charge in [0.05, 0.1) is 32.4 Å². The predicted molar refractivity (Wildman–Crippen MR) is 119 cm³/mol. The van der Waals surface area contributed by atoms with Crippen LogP contribution in [-0.2, 0) is 10.5 Å². The lowest BCUT2D eigenvalue weighted by molar-refractivity contribution is -0.385. The highest BCUT2D eigenvalue weighted by atomic mass is 32.2. The van der Waals surface area contributed by atoms with Gasteiger partial charge in [-0.1, -0.05) is 30.3 Å². The molecule has 0 fully saturated rings. The number of nitro groups is 2. The normalized spacial score (nSPS) is 15.7. The molecule has 0 saturated carbocycles. The number of ketones is 1. The van der Waals surface area contributed by atoms with Gasteiger partial charge < -0.3 is 5.32 Å². The van der Waals surface area contributed by atoms with Crippen LogP contribution in [0, 0.1) is 31.6 Å². The Morgan fingerprint density at radius 1 is 1.12 bits per heavy atom. The number of carbonyl (C=O) groups excluding carboxylic acids is 1. The molecule has 2 aromatic rings. The molecule has 162 valence electrons. The zero-order valence-electron chi connectivity index (χ0n) is 17.2. The molecule has 32 heavy (non-hydrogen) atoms. The van der Waals surface area contributed by atoms with Crippen LogP contribution in [0.5, 0.6) is 0 Å². The van der Waals surface area contributed by atoms with Crippen LogP contribution in [0.4, 0.5) is 11.4 Å². The first-order chi connectivity index (χ1) is 15.2. The Labute approximate surface area is 187 Å². The minimum atomic E-state index is -0.875. The Morgan fingerprint density at radius 2 is 1.78 bits per heavy atom. The van der Waals surface area contributed by atoms with Crippen molar-refractivity contribution in [1.29, 1.82) is 5.26 Å². The van der Waals surface area contributed by atoms with Crippen molar-refractivity contribution < 1.29 is 14.6 Å². The molecule has 0 amide bonds. The highest BCUT2D eigenvalue weighted by molar-refractivity contribution is 8.02. The molecular weight excluding hydrogens is 432 g/mol. The van der Waals surface area contributed by atoms with Gasteiger partial charge in [0.15, 0.2) is 5.78 Å². The van der Waals surface area contributed by atoms with Crippen molar-refractivity contribution in [2.45, 2.75) is 25.5 Å². The third-order valence-electron chi connectivity index (χ3n) is 5.00. The third-order valence-corrected chi connectivity index (χ3v) is 6.09. The van der Waals surface area contributed by atoms with Crippen LogP contribution in [0.2, 0.25) is 0 Å². The summed E-state index contributed by atoms with van der Waals surface area (Å²) in [6.07, 6.45) is 0. The fourth-order valence-electron chi connectivity index (χ4n) is 3.57. The van der Waals surface area contributed by atoms with E-state index in [2.05, 4.69) is 11.4 Å². The molecular formula is C22H18N4O5S. The van der Waals surface area contributed by atoms with E-state index in [1.54, 1.807) is 31.2 Å². The third kappa shape index (κ3) is 4.53. The molecule has 0 spiro atoms. The largest absolute Gasteiger partial charge is 0.353 e. The second-order valence-electron chi connectivity index (χ2n) is 7.04. The number of nitrogens with one attached hydrogen (secondary N) is 1. The molecule has 0 bridgehead atoms. The van der Waals surface area contributed by atoms with Gasteiger partial charge in [0, 0.05) is 40.8 Å². The van der Waals surface area contributed by atoms with Crippen LogP contribution in [0.1, 0.15) is 30.9 Å². The maximum Gasteiger partial charge on any atom is 0.273 e. The van der Waals surface area contributed by atoms with Crippen molar-refractivity contribution in [1.82, 2.24) is 5.32 Å². The Morgan fingerprint density at radius 3 is 2.34 bits per heavy atom. The van der Waals surface area contributed by atoms with Crippen molar-refractivity contribution in [3.05, 3.63) is 102 Å². The number of benzene rings is 2. The Kier molecular flexibility index (Phi) is 6.70. The summed E-state index contributed by atoms with van der Waals surface area (Å²) >= 11 is 1.29. The van der Waals surface area contributed by atoms with Crippen molar-refractivity contribution in [3.63, 3.8) is 0 Å². The zero-order chi connectivity index (χ0) is 23.4. The standard InChI is InChI=1S/C22H18N4O5S/c1-13-20(14(2)27)21(17-5-3-4-6-19(17)26(30)31)18(11-23)22(24-13)32-12-15-7-9-16(10-8-15)25(28)29/h3-10,21,24H,12H2,1-2H3. The smallest absolute Gasteiger partial charge is 0.273 e. The number of nitrogens with zero attached hydrogens (tertiary/aromatic N) is 3. The Balaban J connectivity index is 2.04. The van der Waals surface area contributed by atoms with Gasteiger partial charge >= 0.3 is 0 Å². The summed E-state index contributed by atoms with van der Waals surface area (Å²) in [5.74, 6) is -0.761. The molecule has 0 aliphatic carbocycles. The number of nitriles is 1. The van der Waals surface area contributed by atoms with Crippen LogP contribution in [-0.4, -0.2) is 15.6 Å². The Hall–Kier alpha value is -3.97. The number of carbonyl (C=O) groups is 1. The molecule has 0 saturated heterocycles. The number of non-ortho nitro benzene ring substituents is 1. The van der Waals surface area contributed by atoms with Crippen molar-refractivity contribution in [2.24, 2.45) is 0 Å². The number of Topliss-reactive ketones (excluding diaryl/α,β-unsaturated/α-hetero) is 1. The molecule has 0 radical (unpaired) electrons. The molecule has 1 N–H and O–H groups in total. The van der Waals surface area contributed by atoms with Crippen LogP contribution in [0.15, 0.2) is 70.4 Å². The van der Waals surface area contributed by atoms with E-state index in [4.69, 9.17) is 0 Å². The van der Waals surface area contributed by atoms with Crippen LogP contribution in [0.3, 0.4) is 0 Å². The summed E-state index contributed by atoms with van der Waals surface area (Å²) in [7, 11) is 0. The molecule has 1 aliphatic heterocycles. The van der Waals surface area contributed by atoms with Crippen LogP contribution in [0.25, 0.3) is 0 Å². The molecule has 1 unspecified atom stereocenters. The lowest BCUT2D eigenvalue weighted by Gasteiger charge is -2.29. The van der Waals surface area contributed by atoms with E-state index in [1.165, 1.54) is 43.0 Å². The van der Waals surface area contributed by atoms with E-state index >= 15 is 0 Å². The van der Waals surface area contributed by atoms with E-state index in [1.807, 2.05) is 0 Å². The first kappa shape index (κ1) is 22.7. The number of thioether (sulfide) groups is 1. The summed E-state index contributed by atoms with van der Waals surface area (Å²) in [6, 6.07) is 14.3. The maximum atomic E-state index is 12.4. The maximum absolute atomic E-state index is 12.4. The number of rotatable bonds is 7. The number of hydrogen-bond donors (Lipinski definition) is 1. The highest BCUT2D eigenvalue weighted by Gasteiger charge is 2.36. The average Bonchev–Trinajstić information content (AvgIpc) is 2.77. The van der Waals surface area contributed by atoms with Gasteiger partial charge in [-0.3, -0.25) is 25.0 Å². The molecule has 1 atom stereocenters. The molecule has 3 rings (SSSR count). The SMILES string of the molecule is CC(=O)C1=C(C)NC(SCc2ccc([N+](=O)[O-])cc2)=C(C#N)C1c1ccccc1[N+](=O)[O-]. The Bertz CT molecular complexity index is 1210. The van der Waals surface area contributed by atoms with Crippen LogP contribution >= 0.6 is 11.8 Å². The number of dihydropyridines is 1. The first-order valence-electron chi connectivity index (χ1n) is 9.47. The van der Waals surface area contributed by atoms with Gasteiger partial charge in [-0.2, -0.15) is 5.26 Å². The zero-order valence-corrected chi connectivity index (χ0v) is 18.0. The van der Waals surface area contributed by atoms with Crippen molar-refractivity contribution in [3.8, 4) is 6.07 Å². The summed E-state index contributed by atoms with van der Waals surface area (Å²) in [4.78, 5) is 33.9. The van der Waals surface area contributed by atoms with E-state index < -0.39 is 15.8 Å². The summed E-state index contributed by atoms with van der Waals surface area (Å²) in [6.45, 7) is 3.06. The van der Waals surface area contributed by atoms with Gasteiger partial charge in [-0.15, -0.1) is 11.8 Å². The van der Waals surface area contributed by atoms with Crippen molar-refractivity contribution >= 4 is 28.9 Å². The molecule has 0 aromatic heterocycles. The number of nitro benzene ring substituents is 2. The van der Waals surface area contributed by atoms with Crippen LogP contribution < -0.4 is 5.32 Å². The fourth-order valence-corrected chi connectivity index (χ4v) is 4.62. The monoisotopic (exact) mass is 450 g/mol. The number of allylic oxidation sites excluding steroid dienone is 3. The highest BCUT2D eigenvalue weighted by Crippen LogP contribution is 2.44. The number of para-hydroxylation sites is 1. The molecule has 2 aromatic carbocycles. The van der Waals surface area contributed by atoms with Crippen molar-refractivity contribution in [2.75, 3.05) is 0 Å². The van der Waals surface area contributed by atoms with Gasteiger partial charge in [-0.25, -0.2) is 0 Å². The summed E-state index contributed by atoms with van der Waals surface area (Å²) in [5.41, 5.74) is 1.91. The lowest BCUT2D eigenvalue weighted by atomic mass is 9.80. The minimum Gasteiger partial charge on any atom is -0.353 e. The average molecular weight is 450 g/mol. The molecule has 10 heteroatoms. The second-order valence-corrected chi connectivity index (χ2v) is 8.02. The van der Waals surface area contributed by atoms with Gasteiger partial charge in [-0.05, 0) is 19.4 Å². The topological polar surface area (TPSA) is 139 Å². The predicted octanol–water partition coefficient (Wildman–Crippen LogP) is 4.72.